The number of aromatic nitrogens is 1. The van der Waals surface area contributed by atoms with Gasteiger partial charge in [-0.25, -0.2) is 0 Å². The molecule has 0 saturated heterocycles. The number of hydrogen-bond donors (Lipinski definition) is 0. The van der Waals surface area contributed by atoms with E-state index in [9.17, 15) is 0 Å². The first-order valence-corrected chi connectivity index (χ1v) is 20.1. The first-order chi connectivity index (χ1) is 27.8. The first kappa shape index (κ1) is 31.5. The van der Waals surface area contributed by atoms with Crippen LogP contribution in [0.4, 0.5) is 17.1 Å². The van der Waals surface area contributed by atoms with E-state index < -0.39 is 5.41 Å². The molecule has 2 aliphatic rings. The quantitative estimate of drug-likeness (QED) is 0.178. The average Bonchev–Trinajstić information content (AvgIpc) is 3.59. The van der Waals surface area contributed by atoms with Gasteiger partial charge in [0.2, 0.25) is 0 Å². The SMILES string of the molecule is c1ccc(N(c2ccc3c(c2)C2(c4ccccc4Sc4ccccc42)c2cccc4cccc-3c24)c2ccc3c4ccccc4n(-c4ccccc4)c3c2)cc1. The Labute approximate surface area is 329 Å². The Balaban J connectivity index is 1.17. The third kappa shape index (κ3) is 4.35. The fourth-order valence-electron chi connectivity index (χ4n) is 9.79. The summed E-state index contributed by atoms with van der Waals surface area (Å²) in [6.45, 7) is 0. The van der Waals surface area contributed by atoms with Crippen LogP contribution in [0, 0.1) is 0 Å². The van der Waals surface area contributed by atoms with E-state index >= 15 is 0 Å². The van der Waals surface area contributed by atoms with Crippen LogP contribution in [0.2, 0.25) is 0 Å². The summed E-state index contributed by atoms with van der Waals surface area (Å²) in [6, 6.07) is 76.4. The molecule has 3 heteroatoms. The highest BCUT2D eigenvalue weighted by Gasteiger charge is 2.48. The lowest BCUT2D eigenvalue weighted by atomic mass is 9.59. The number of hydrogen-bond acceptors (Lipinski definition) is 2. The number of rotatable bonds is 4. The van der Waals surface area contributed by atoms with Crippen LogP contribution in [0.3, 0.4) is 0 Å². The molecular weight excluding hydrogens is 697 g/mol. The molecular formula is C53H34N2S. The van der Waals surface area contributed by atoms with E-state index in [4.69, 9.17) is 0 Å². The standard InChI is InChI=1S/C53H34N2S/c1-3-17-36(18-4-1)54(39-30-32-42-41-21-7-10-26-48(41)55(49(42)34-39)37-19-5-2-6-20-37)38-29-31-40-43-22-13-15-35-16-14-25-46(52(35)43)53(47(40)33-38)44-23-8-11-27-50(44)56-51-28-12-9-24-45(51)53/h1-34H. The Kier molecular flexibility index (Phi) is 6.81. The first-order valence-electron chi connectivity index (χ1n) is 19.3. The number of para-hydroxylation sites is 3. The molecule has 10 aromatic rings. The van der Waals surface area contributed by atoms with E-state index in [2.05, 4.69) is 216 Å². The maximum Gasteiger partial charge on any atom is 0.0736 e. The summed E-state index contributed by atoms with van der Waals surface area (Å²) >= 11 is 1.89. The van der Waals surface area contributed by atoms with Gasteiger partial charge in [-0.1, -0.05) is 151 Å². The molecule has 1 aromatic heterocycles. The van der Waals surface area contributed by atoms with Crippen LogP contribution in [-0.4, -0.2) is 4.57 Å². The summed E-state index contributed by atoms with van der Waals surface area (Å²) in [5, 5.41) is 5.10. The molecule has 2 heterocycles. The molecule has 262 valence electrons. The van der Waals surface area contributed by atoms with Crippen LogP contribution in [0.1, 0.15) is 22.3 Å². The molecule has 1 aliphatic heterocycles. The number of anilines is 3. The van der Waals surface area contributed by atoms with E-state index in [-0.39, 0.29) is 0 Å². The fraction of sp³-hybridized carbons (Fsp3) is 0.0189. The molecule has 9 aromatic carbocycles. The highest BCUT2D eigenvalue weighted by atomic mass is 32.2. The van der Waals surface area contributed by atoms with Gasteiger partial charge in [-0.3, -0.25) is 0 Å². The Morgan fingerprint density at radius 3 is 1.79 bits per heavy atom. The normalized spacial score (nSPS) is 13.4. The van der Waals surface area contributed by atoms with Crippen LogP contribution in [-0.2, 0) is 5.41 Å². The molecule has 1 aliphatic carbocycles. The minimum absolute atomic E-state index is 0.524. The molecule has 0 radical (unpaired) electrons. The number of fused-ring (bicyclic) bond motifs is 11. The molecule has 0 saturated carbocycles. The van der Waals surface area contributed by atoms with Gasteiger partial charge in [-0.05, 0) is 111 Å². The van der Waals surface area contributed by atoms with E-state index in [1.54, 1.807) is 0 Å². The van der Waals surface area contributed by atoms with Gasteiger partial charge in [0.05, 0.1) is 16.4 Å². The van der Waals surface area contributed by atoms with Crippen molar-refractivity contribution in [1.29, 1.82) is 0 Å². The fourth-order valence-corrected chi connectivity index (χ4v) is 11.0. The van der Waals surface area contributed by atoms with Crippen molar-refractivity contribution in [3.05, 3.63) is 229 Å². The summed E-state index contributed by atoms with van der Waals surface area (Å²) in [5.74, 6) is 0. The highest BCUT2D eigenvalue weighted by molar-refractivity contribution is 7.99. The average molecular weight is 731 g/mol. The lowest BCUT2D eigenvalue weighted by molar-refractivity contribution is 0.707. The summed E-state index contributed by atoms with van der Waals surface area (Å²) < 4.78 is 2.41. The maximum atomic E-state index is 2.50. The highest BCUT2D eigenvalue weighted by Crippen LogP contribution is 2.61. The van der Waals surface area contributed by atoms with E-state index in [1.165, 1.54) is 75.7 Å². The van der Waals surface area contributed by atoms with Crippen LogP contribution in [0.5, 0.6) is 0 Å². The van der Waals surface area contributed by atoms with Gasteiger partial charge in [0.25, 0.3) is 0 Å². The van der Waals surface area contributed by atoms with Crippen molar-refractivity contribution in [2.24, 2.45) is 0 Å². The molecule has 0 amide bonds. The predicted octanol–water partition coefficient (Wildman–Crippen LogP) is 14.2. The molecule has 1 spiro atoms. The van der Waals surface area contributed by atoms with Gasteiger partial charge in [0, 0.05) is 43.3 Å². The minimum Gasteiger partial charge on any atom is -0.310 e. The molecule has 12 rings (SSSR count). The second kappa shape index (κ2) is 12.1. The lowest BCUT2D eigenvalue weighted by Gasteiger charge is -2.46. The summed E-state index contributed by atoms with van der Waals surface area (Å²) in [7, 11) is 0. The Morgan fingerprint density at radius 2 is 1.00 bits per heavy atom. The maximum absolute atomic E-state index is 2.50. The van der Waals surface area contributed by atoms with Crippen LogP contribution in [0.15, 0.2) is 216 Å². The topological polar surface area (TPSA) is 8.17 Å². The zero-order chi connectivity index (χ0) is 36.8. The largest absolute Gasteiger partial charge is 0.310 e. The molecule has 0 atom stereocenters. The van der Waals surface area contributed by atoms with Crippen molar-refractivity contribution >= 4 is 61.4 Å². The monoisotopic (exact) mass is 730 g/mol. The van der Waals surface area contributed by atoms with Crippen LogP contribution < -0.4 is 4.90 Å². The van der Waals surface area contributed by atoms with Crippen molar-refractivity contribution < 1.29 is 0 Å². The Bertz CT molecular complexity index is 3130. The van der Waals surface area contributed by atoms with Gasteiger partial charge in [0.15, 0.2) is 0 Å². The van der Waals surface area contributed by atoms with Crippen molar-refractivity contribution in [1.82, 2.24) is 4.57 Å². The third-order valence-corrected chi connectivity index (χ3v) is 13.2. The predicted molar refractivity (Wildman–Crippen MR) is 234 cm³/mol. The van der Waals surface area contributed by atoms with Gasteiger partial charge < -0.3 is 9.47 Å². The molecule has 0 unspecified atom stereocenters. The molecule has 0 fully saturated rings. The van der Waals surface area contributed by atoms with Gasteiger partial charge in [0.1, 0.15) is 0 Å². The van der Waals surface area contributed by atoms with Crippen LogP contribution >= 0.6 is 11.8 Å². The number of benzene rings is 9. The summed E-state index contributed by atoms with van der Waals surface area (Å²) in [6.07, 6.45) is 0. The van der Waals surface area contributed by atoms with Crippen molar-refractivity contribution in [3.8, 4) is 16.8 Å². The third-order valence-electron chi connectivity index (χ3n) is 12.0. The van der Waals surface area contributed by atoms with Crippen molar-refractivity contribution in [3.63, 3.8) is 0 Å². The van der Waals surface area contributed by atoms with E-state index in [1.807, 2.05) is 11.8 Å². The lowest BCUT2D eigenvalue weighted by Crippen LogP contribution is -2.36. The Morgan fingerprint density at radius 1 is 0.393 bits per heavy atom. The summed E-state index contributed by atoms with van der Waals surface area (Å²) in [4.78, 5) is 5.05. The molecule has 2 nitrogen and oxygen atoms in total. The van der Waals surface area contributed by atoms with Crippen molar-refractivity contribution in [2.75, 3.05) is 4.90 Å². The van der Waals surface area contributed by atoms with Gasteiger partial charge >= 0.3 is 0 Å². The molecule has 0 N–H and O–H groups in total. The van der Waals surface area contributed by atoms with Crippen LogP contribution in [0.25, 0.3) is 49.4 Å². The zero-order valence-electron chi connectivity index (χ0n) is 30.4. The second-order valence-corrected chi connectivity index (χ2v) is 15.9. The number of nitrogens with zero attached hydrogens (tertiary/aromatic N) is 2. The minimum atomic E-state index is -0.524. The second-order valence-electron chi connectivity index (χ2n) is 14.8. The molecule has 0 bridgehead atoms. The van der Waals surface area contributed by atoms with Crippen molar-refractivity contribution in [2.45, 2.75) is 15.2 Å². The van der Waals surface area contributed by atoms with E-state index in [0.29, 0.717) is 0 Å². The smallest absolute Gasteiger partial charge is 0.0736 e. The summed E-state index contributed by atoms with van der Waals surface area (Å²) in [5.41, 5.74) is 14.2. The zero-order valence-corrected chi connectivity index (χ0v) is 31.2. The van der Waals surface area contributed by atoms with Gasteiger partial charge in [-0.2, -0.15) is 0 Å². The van der Waals surface area contributed by atoms with Gasteiger partial charge in [-0.15, -0.1) is 0 Å². The molecule has 56 heavy (non-hydrogen) atoms. The van der Waals surface area contributed by atoms with E-state index in [0.717, 1.165) is 22.7 Å². The Hall–Kier alpha value is -6.81.